The first kappa shape index (κ1) is 26.6. The summed E-state index contributed by atoms with van der Waals surface area (Å²) in [6.07, 6.45) is -2.82. The Morgan fingerprint density at radius 1 is 1.24 bits per heavy atom. The lowest BCUT2D eigenvalue weighted by atomic mass is 9.89. The molecule has 1 saturated heterocycles. The number of carbonyl (C=O) groups is 1. The van der Waals surface area contributed by atoms with E-state index < -0.39 is 23.5 Å². The summed E-state index contributed by atoms with van der Waals surface area (Å²) in [4.78, 5) is 26.8. The minimum absolute atomic E-state index is 0.0763. The molecule has 1 fully saturated rings. The van der Waals surface area contributed by atoms with Gasteiger partial charge in [-0.3, -0.25) is 9.79 Å². The fraction of sp³-hybridized carbons (Fsp3) is 0.462. The maximum Gasteiger partial charge on any atom is 0.416 e. The average molecular weight is 520 g/mol. The molecule has 3 aromatic rings. The monoisotopic (exact) mass is 519 g/mol. The molecule has 1 unspecified atom stereocenters. The van der Waals surface area contributed by atoms with Gasteiger partial charge in [-0.25, -0.2) is 14.4 Å². The van der Waals surface area contributed by atoms with Crippen LogP contribution in [-0.2, 0) is 23.7 Å². The van der Waals surface area contributed by atoms with Gasteiger partial charge in [0.2, 0.25) is 11.8 Å². The van der Waals surface area contributed by atoms with Crippen molar-refractivity contribution in [2.75, 3.05) is 20.2 Å². The Morgan fingerprint density at radius 3 is 2.51 bits per heavy atom. The number of carbonyl (C=O) groups excluding carboxylic acids is 1. The Morgan fingerprint density at radius 2 is 1.92 bits per heavy atom. The summed E-state index contributed by atoms with van der Waals surface area (Å²) >= 11 is 0. The highest BCUT2D eigenvalue weighted by molar-refractivity contribution is 5.83. The molecule has 198 valence electrons. The number of piperidine rings is 1. The van der Waals surface area contributed by atoms with Crippen LogP contribution in [0.15, 0.2) is 35.6 Å². The van der Waals surface area contributed by atoms with E-state index in [2.05, 4.69) is 15.0 Å². The summed E-state index contributed by atoms with van der Waals surface area (Å²) < 4.78 is 63.7. The van der Waals surface area contributed by atoms with Crippen LogP contribution in [0.4, 0.5) is 17.6 Å². The van der Waals surface area contributed by atoms with Crippen molar-refractivity contribution >= 4 is 16.8 Å². The van der Waals surface area contributed by atoms with Gasteiger partial charge in [-0.1, -0.05) is 12.1 Å². The van der Waals surface area contributed by atoms with Gasteiger partial charge in [-0.2, -0.15) is 13.2 Å². The number of pyridine rings is 1. The van der Waals surface area contributed by atoms with Crippen LogP contribution < -0.4 is 10.2 Å². The highest BCUT2D eigenvalue weighted by atomic mass is 19.4. The molecule has 0 spiro atoms. The van der Waals surface area contributed by atoms with Crippen LogP contribution in [0.1, 0.15) is 55.1 Å². The molecule has 0 bridgehead atoms. The van der Waals surface area contributed by atoms with Gasteiger partial charge in [0.25, 0.3) is 0 Å². The number of ether oxygens (including phenoxy) is 1. The maximum atomic E-state index is 16.1. The Labute approximate surface area is 211 Å². The summed E-state index contributed by atoms with van der Waals surface area (Å²) in [6, 6.07) is 4.93. The van der Waals surface area contributed by atoms with Gasteiger partial charge in [-0.15, -0.1) is 0 Å². The third-order valence-corrected chi connectivity index (χ3v) is 7.01. The van der Waals surface area contributed by atoms with E-state index in [1.165, 1.54) is 33.4 Å². The number of methoxy groups -OCH3 is 1. The average Bonchev–Trinajstić information content (AvgIpc) is 2.84. The molecule has 37 heavy (non-hydrogen) atoms. The highest BCUT2D eigenvalue weighted by Crippen LogP contribution is 2.39. The molecule has 4 rings (SSSR count). The SMILES string of the molecule is COc1nc(C2(F)CCN(C(C)=O)CC2)cc2c(=NC(C)c3cccc(C(F)(F)F)c3C)ncn(C)c12. The molecule has 7 nitrogen and oxygen atoms in total. The van der Waals surface area contributed by atoms with Crippen LogP contribution in [0.25, 0.3) is 10.9 Å². The van der Waals surface area contributed by atoms with Crippen molar-refractivity contribution in [1.29, 1.82) is 0 Å². The maximum absolute atomic E-state index is 16.1. The number of halogens is 4. The van der Waals surface area contributed by atoms with Gasteiger partial charge >= 0.3 is 6.18 Å². The Bertz CT molecular complexity index is 1410. The quantitative estimate of drug-likeness (QED) is 0.466. The third kappa shape index (κ3) is 5.03. The first-order chi connectivity index (χ1) is 17.4. The number of nitrogens with zero attached hydrogens (tertiary/aromatic N) is 5. The summed E-state index contributed by atoms with van der Waals surface area (Å²) in [5, 5.41) is 0.467. The van der Waals surface area contributed by atoms with Gasteiger partial charge in [0.15, 0.2) is 11.2 Å². The molecule has 1 aliphatic heterocycles. The zero-order valence-electron chi connectivity index (χ0n) is 21.4. The molecule has 0 saturated carbocycles. The number of benzene rings is 1. The van der Waals surface area contributed by atoms with Crippen LogP contribution in [-0.4, -0.2) is 45.5 Å². The number of rotatable bonds is 4. The molecule has 11 heteroatoms. The number of alkyl halides is 4. The van der Waals surface area contributed by atoms with E-state index in [-0.39, 0.29) is 54.5 Å². The second-order valence-electron chi connectivity index (χ2n) is 9.39. The smallest absolute Gasteiger partial charge is 0.416 e. The van der Waals surface area contributed by atoms with Gasteiger partial charge in [0.05, 0.1) is 36.1 Å². The normalized spacial score (nSPS) is 17.2. The molecule has 3 heterocycles. The Hall–Kier alpha value is -3.50. The van der Waals surface area contributed by atoms with E-state index in [4.69, 9.17) is 4.74 Å². The lowest BCUT2D eigenvalue weighted by Gasteiger charge is -2.35. The van der Waals surface area contributed by atoms with Crippen molar-refractivity contribution in [1.82, 2.24) is 19.4 Å². The number of likely N-dealkylation sites (tertiary alicyclic amines) is 1. The summed E-state index contributed by atoms with van der Waals surface area (Å²) in [6.45, 7) is 5.09. The Balaban J connectivity index is 1.86. The molecule has 0 aliphatic carbocycles. The second-order valence-corrected chi connectivity index (χ2v) is 9.39. The van der Waals surface area contributed by atoms with Crippen LogP contribution in [0, 0.1) is 6.92 Å². The Kier molecular flexibility index (Phi) is 7.00. The fourth-order valence-electron chi connectivity index (χ4n) is 4.87. The van der Waals surface area contributed by atoms with Crippen LogP contribution in [0.5, 0.6) is 5.88 Å². The predicted octanol–water partition coefficient (Wildman–Crippen LogP) is 4.77. The summed E-state index contributed by atoms with van der Waals surface area (Å²) in [5.74, 6) is 0.0741. The first-order valence-electron chi connectivity index (χ1n) is 11.9. The topological polar surface area (TPSA) is 72.6 Å². The van der Waals surface area contributed by atoms with E-state index >= 15 is 4.39 Å². The molecule has 2 aromatic heterocycles. The van der Waals surface area contributed by atoms with Crippen molar-refractivity contribution in [3.63, 3.8) is 0 Å². The van der Waals surface area contributed by atoms with Crippen molar-refractivity contribution in [2.45, 2.75) is 51.5 Å². The number of fused-ring (bicyclic) bond motifs is 1. The van der Waals surface area contributed by atoms with Crippen molar-refractivity contribution in [3.05, 3.63) is 58.5 Å². The summed E-state index contributed by atoms with van der Waals surface area (Å²) in [5.41, 5.74) is -1.08. The third-order valence-electron chi connectivity index (χ3n) is 7.01. The standard InChI is InChI=1S/C26H29F4N5O2/c1-15-18(7-6-8-20(15)26(28,29)30)16(2)32-23-19-13-21(25(27)9-11-35(12-10-25)17(3)36)33-24(37-5)22(19)34(4)14-31-23/h6-8,13-14,16H,9-12H2,1-5H3. The van der Waals surface area contributed by atoms with E-state index in [1.807, 2.05) is 0 Å². The van der Waals surface area contributed by atoms with Gasteiger partial charge in [-0.05, 0) is 37.1 Å². The van der Waals surface area contributed by atoms with Crippen LogP contribution in [0.3, 0.4) is 0 Å². The van der Waals surface area contributed by atoms with Crippen molar-refractivity contribution in [2.24, 2.45) is 12.0 Å². The van der Waals surface area contributed by atoms with Crippen LogP contribution in [0.2, 0.25) is 0 Å². The van der Waals surface area contributed by atoms with E-state index in [1.54, 1.807) is 35.6 Å². The number of aromatic nitrogens is 3. The predicted molar refractivity (Wildman–Crippen MR) is 129 cm³/mol. The van der Waals surface area contributed by atoms with Gasteiger partial charge < -0.3 is 14.2 Å². The molecular weight excluding hydrogens is 490 g/mol. The fourth-order valence-corrected chi connectivity index (χ4v) is 4.87. The minimum atomic E-state index is -4.48. The molecular formula is C26H29F4N5O2. The van der Waals surface area contributed by atoms with E-state index in [0.29, 0.717) is 16.5 Å². The first-order valence-corrected chi connectivity index (χ1v) is 11.9. The van der Waals surface area contributed by atoms with Crippen LogP contribution >= 0.6 is 0 Å². The molecule has 1 aliphatic rings. The molecule has 0 radical (unpaired) electrons. The zero-order valence-corrected chi connectivity index (χ0v) is 21.4. The number of aryl methyl sites for hydroxylation is 1. The summed E-state index contributed by atoms with van der Waals surface area (Å²) in [7, 11) is 3.17. The molecule has 0 N–H and O–H groups in total. The largest absolute Gasteiger partial charge is 0.479 e. The van der Waals surface area contributed by atoms with Gasteiger partial charge in [0.1, 0.15) is 5.52 Å². The van der Waals surface area contributed by atoms with Crippen molar-refractivity contribution < 1.29 is 27.1 Å². The molecule has 1 aromatic carbocycles. The molecule has 1 amide bonds. The number of amides is 1. The molecule has 1 atom stereocenters. The van der Waals surface area contributed by atoms with Gasteiger partial charge in [0, 0.05) is 39.9 Å². The lowest BCUT2D eigenvalue weighted by Crippen LogP contribution is -2.42. The highest BCUT2D eigenvalue weighted by Gasteiger charge is 2.39. The van der Waals surface area contributed by atoms with E-state index in [9.17, 15) is 18.0 Å². The lowest BCUT2D eigenvalue weighted by molar-refractivity contribution is -0.138. The van der Waals surface area contributed by atoms with E-state index in [0.717, 1.165) is 6.07 Å². The number of hydrogen-bond donors (Lipinski definition) is 0. The van der Waals surface area contributed by atoms with Crippen molar-refractivity contribution in [3.8, 4) is 5.88 Å². The minimum Gasteiger partial charge on any atom is -0.479 e. The second kappa shape index (κ2) is 9.75. The number of hydrogen-bond acceptors (Lipinski definition) is 5. The zero-order chi connectivity index (χ0) is 27.1.